The number of carbonyl (C=O) groups is 2. The van der Waals surface area contributed by atoms with Crippen molar-refractivity contribution in [3.8, 4) is 0 Å². The Morgan fingerprint density at radius 1 is 1.10 bits per heavy atom. The number of nitrogens with zero attached hydrogens (tertiary/aromatic N) is 1. The van der Waals surface area contributed by atoms with E-state index in [9.17, 15) is 18.4 Å². The number of nitrogens with one attached hydrogen (secondary N) is 1. The lowest BCUT2D eigenvalue weighted by molar-refractivity contribution is -0.117. The lowest BCUT2D eigenvalue weighted by Crippen LogP contribution is -2.31. The van der Waals surface area contributed by atoms with Gasteiger partial charge in [0.2, 0.25) is 0 Å². The van der Waals surface area contributed by atoms with Crippen LogP contribution in [0.1, 0.15) is 15.9 Å². The molecule has 6 heteroatoms. The highest BCUT2D eigenvalue weighted by Gasteiger charge is 2.20. The Bertz CT molecular complexity index is 645. The second-order valence-electron chi connectivity index (χ2n) is 3.99. The summed E-state index contributed by atoms with van der Waals surface area (Å²) in [7, 11) is 0. The molecule has 0 unspecified atom stereocenters. The SMILES string of the molecule is O=C(NCc1ccncc1)C(=O)c1cc(F)ccc1F. The molecule has 0 aliphatic heterocycles. The molecule has 0 spiro atoms. The molecule has 0 fully saturated rings. The monoisotopic (exact) mass is 276 g/mol. The molecule has 0 aliphatic carbocycles. The Labute approximate surface area is 113 Å². The van der Waals surface area contributed by atoms with Crippen molar-refractivity contribution < 1.29 is 18.4 Å². The summed E-state index contributed by atoms with van der Waals surface area (Å²) in [4.78, 5) is 27.1. The van der Waals surface area contributed by atoms with Crippen LogP contribution in [0.15, 0.2) is 42.7 Å². The van der Waals surface area contributed by atoms with E-state index in [1.54, 1.807) is 12.1 Å². The highest BCUT2D eigenvalue weighted by molar-refractivity contribution is 6.42. The van der Waals surface area contributed by atoms with E-state index in [4.69, 9.17) is 0 Å². The van der Waals surface area contributed by atoms with Crippen molar-refractivity contribution >= 4 is 11.7 Å². The maximum absolute atomic E-state index is 13.4. The van der Waals surface area contributed by atoms with Crippen LogP contribution in [0.2, 0.25) is 0 Å². The number of pyridine rings is 1. The summed E-state index contributed by atoms with van der Waals surface area (Å²) in [5.41, 5.74) is 0.151. The molecule has 0 saturated carbocycles. The summed E-state index contributed by atoms with van der Waals surface area (Å²) < 4.78 is 26.3. The van der Waals surface area contributed by atoms with Gasteiger partial charge in [0.15, 0.2) is 0 Å². The van der Waals surface area contributed by atoms with Gasteiger partial charge in [-0.05, 0) is 35.9 Å². The van der Waals surface area contributed by atoms with Gasteiger partial charge in [0, 0.05) is 18.9 Å². The van der Waals surface area contributed by atoms with E-state index in [1.807, 2.05) is 0 Å². The van der Waals surface area contributed by atoms with Crippen molar-refractivity contribution in [2.75, 3.05) is 0 Å². The number of amides is 1. The van der Waals surface area contributed by atoms with Crippen molar-refractivity contribution in [1.29, 1.82) is 0 Å². The highest BCUT2D eigenvalue weighted by atomic mass is 19.1. The fraction of sp³-hybridized carbons (Fsp3) is 0.0714. The molecule has 1 amide bonds. The molecule has 1 aromatic heterocycles. The van der Waals surface area contributed by atoms with E-state index in [-0.39, 0.29) is 6.54 Å². The first-order chi connectivity index (χ1) is 9.58. The molecule has 20 heavy (non-hydrogen) atoms. The van der Waals surface area contributed by atoms with Crippen LogP contribution in [-0.2, 0) is 11.3 Å². The largest absolute Gasteiger partial charge is 0.345 e. The van der Waals surface area contributed by atoms with Gasteiger partial charge in [0.1, 0.15) is 11.6 Å². The summed E-state index contributed by atoms with van der Waals surface area (Å²) in [5, 5.41) is 2.34. The summed E-state index contributed by atoms with van der Waals surface area (Å²) in [6.45, 7) is 0.101. The number of benzene rings is 1. The van der Waals surface area contributed by atoms with E-state index in [2.05, 4.69) is 10.3 Å². The van der Waals surface area contributed by atoms with Crippen LogP contribution in [0.5, 0.6) is 0 Å². The zero-order valence-electron chi connectivity index (χ0n) is 10.3. The van der Waals surface area contributed by atoms with Crippen molar-refractivity contribution in [2.24, 2.45) is 0 Å². The van der Waals surface area contributed by atoms with Gasteiger partial charge in [-0.15, -0.1) is 0 Å². The summed E-state index contributed by atoms with van der Waals surface area (Å²) in [6.07, 6.45) is 3.07. The Morgan fingerprint density at radius 2 is 1.80 bits per heavy atom. The molecule has 4 nitrogen and oxygen atoms in total. The van der Waals surface area contributed by atoms with Gasteiger partial charge in [0.05, 0.1) is 5.56 Å². The molecule has 0 atom stereocenters. The first-order valence-electron chi connectivity index (χ1n) is 5.74. The maximum Gasteiger partial charge on any atom is 0.292 e. The van der Waals surface area contributed by atoms with Crippen LogP contribution in [0.4, 0.5) is 8.78 Å². The average molecular weight is 276 g/mol. The summed E-state index contributed by atoms with van der Waals surface area (Å²) in [5.74, 6) is -3.82. The van der Waals surface area contributed by atoms with E-state index in [1.165, 1.54) is 12.4 Å². The number of Topliss-reactive ketones (excluding diaryl/α,β-unsaturated/α-hetero) is 1. The number of carbonyl (C=O) groups excluding carboxylic acids is 2. The average Bonchev–Trinajstić information content (AvgIpc) is 2.47. The minimum absolute atomic E-state index is 0.101. The van der Waals surface area contributed by atoms with Gasteiger partial charge in [-0.25, -0.2) is 8.78 Å². The second kappa shape index (κ2) is 6.01. The molecule has 1 aromatic carbocycles. The normalized spacial score (nSPS) is 10.1. The number of aromatic nitrogens is 1. The van der Waals surface area contributed by atoms with E-state index >= 15 is 0 Å². The third kappa shape index (κ3) is 3.23. The van der Waals surface area contributed by atoms with E-state index < -0.39 is 28.9 Å². The topological polar surface area (TPSA) is 59.1 Å². The number of rotatable bonds is 4. The smallest absolute Gasteiger partial charge is 0.292 e. The summed E-state index contributed by atoms with van der Waals surface area (Å²) in [6, 6.07) is 5.70. The van der Waals surface area contributed by atoms with Gasteiger partial charge in [-0.3, -0.25) is 14.6 Å². The lowest BCUT2D eigenvalue weighted by Gasteiger charge is -2.05. The lowest BCUT2D eigenvalue weighted by atomic mass is 10.1. The first kappa shape index (κ1) is 13.8. The molecular weight excluding hydrogens is 266 g/mol. The second-order valence-corrected chi connectivity index (χ2v) is 3.99. The Hall–Kier alpha value is -2.63. The minimum atomic E-state index is -1.11. The highest BCUT2D eigenvalue weighted by Crippen LogP contribution is 2.10. The van der Waals surface area contributed by atoms with Crippen LogP contribution >= 0.6 is 0 Å². The van der Waals surface area contributed by atoms with Crippen molar-refractivity contribution in [1.82, 2.24) is 10.3 Å². The summed E-state index contributed by atoms with van der Waals surface area (Å²) >= 11 is 0. The molecule has 0 bridgehead atoms. The predicted molar refractivity (Wildman–Crippen MR) is 66.8 cm³/mol. The molecule has 0 saturated heterocycles. The standard InChI is InChI=1S/C14H10F2N2O2/c15-10-1-2-12(16)11(7-10)13(19)14(20)18-8-9-3-5-17-6-4-9/h1-7H,8H2,(H,18,20). The van der Waals surface area contributed by atoms with Crippen LogP contribution in [0, 0.1) is 11.6 Å². The maximum atomic E-state index is 13.4. The molecule has 2 rings (SSSR count). The molecule has 0 radical (unpaired) electrons. The Balaban J connectivity index is 2.06. The fourth-order valence-corrected chi connectivity index (χ4v) is 1.56. The van der Waals surface area contributed by atoms with Crippen LogP contribution in [-0.4, -0.2) is 16.7 Å². The number of hydrogen-bond donors (Lipinski definition) is 1. The third-order valence-electron chi connectivity index (χ3n) is 2.58. The van der Waals surface area contributed by atoms with Crippen molar-refractivity contribution in [3.05, 3.63) is 65.5 Å². The third-order valence-corrected chi connectivity index (χ3v) is 2.58. The first-order valence-corrected chi connectivity index (χ1v) is 5.74. The Kier molecular flexibility index (Phi) is 4.14. The molecule has 0 aliphatic rings. The molecule has 1 heterocycles. The zero-order chi connectivity index (χ0) is 14.5. The number of halogens is 2. The number of hydrogen-bond acceptors (Lipinski definition) is 3. The molecule has 102 valence electrons. The zero-order valence-corrected chi connectivity index (χ0v) is 10.3. The van der Waals surface area contributed by atoms with Gasteiger partial charge in [-0.2, -0.15) is 0 Å². The van der Waals surface area contributed by atoms with Crippen LogP contribution in [0.25, 0.3) is 0 Å². The molecule has 1 N–H and O–H groups in total. The number of ketones is 1. The quantitative estimate of drug-likeness (QED) is 0.685. The van der Waals surface area contributed by atoms with Crippen molar-refractivity contribution in [3.63, 3.8) is 0 Å². The van der Waals surface area contributed by atoms with Gasteiger partial charge in [-0.1, -0.05) is 0 Å². The van der Waals surface area contributed by atoms with Crippen LogP contribution < -0.4 is 5.32 Å². The van der Waals surface area contributed by atoms with Crippen molar-refractivity contribution in [2.45, 2.75) is 6.54 Å². The van der Waals surface area contributed by atoms with Gasteiger partial charge < -0.3 is 5.32 Å². The Morgan fingerprint density at radius 3 is 2.50 bits per heavy atom. The molecule has 2 aromatic rings. The minimum Gasteiger partial charge on any atom is -0.345 e. The van der Waals surface area contributed by atoms with Crippen LogP contribution in [0.3, 0.4) is 0 Å². The van der Waals surface area contributed by atoms with Gasteiger partial charge in [0.25, 0.3) is 11.7 Å². The molecular formula is C14H10F2N2O2. The van der Waals surface area contributed by atoms with E-state index in [0.717, 1.165) is 17.7 Å². The van der Waals surface area contributed by atoms with E-state index in [0.29, 0.717) is 6.07 Å². The van der Waals surface area contributed by atoms with Gasteiger partial charge >= 0.3 is 0 Å². The fourth-order valence-electron chi connectivity index (χ4n) is 1.56. The predicted octanol–water partition coefficient (Wildman–Crippen LogP) is 1.86.